The lowest BCUT2D eigenvalue weighted by molar-refractivity contribution is 0.211. The number of ether oxygens (including phenoxy) is 2. The van der Waals surface area contributed by atoms with Crippen molar-refractivity contribution in [2.45, 2.75) is 58.1 Å². The SMILES string of the molecule is COc1ccc(OC(C)CNC2CC2)c(C(C)(C)C)c1. The Hall–Kier alpha value is -1.22. The summed E-state index contributed by atoms with van der Waals surface area (Å²) in [5.41, 5.74) is 1.23. The fourth-order valence-electron chi connectivity index (χ4n) is 2.20. The maximum atomic E-state index is 6.13. The van der Waals surface area contributed by atoms with Crippen molar-refractivity contribution in [3.63, 3.8) is 0 Å². The third-order valence-corrected chi connectivity index (χ3v) is 3.59. The van der Waals surface area contributed by atoms with Crippen LogP contribution in [0.1, 0.15) is 46.1 Å². The number of nitrogens with one attached hydrogen (secondary N) is 1. The Labute approximate surface area is 122 Å². The van der Waals surface area contributed by atoms with E-state index in [-0.39, 0.29) is 11.5 Å². The van der Waals surface area contributed by atoms with Crippen LogP contribution < -0.4 is 14.8 Å². The van der Waals surface area contributed by atoms with Crippen LogP contribution in [0.3, 0.4) is 0 Å². The lowest BCUT2D eigenvalue weighted by Crippen LogP contribution is -2.31. The molecule has 0 heterocycles. The quantitative estimate of drug-likeness (QED) is 0.863. The highest BCUT2D eigenvalue weighted by Crippen LogP contribution is 2.34. The smallest absolute Gasteiger partial charge is 0.123 e. The van der Waals surface area contributed by atoms with E-state index in [4.69, 9.17) is 9.47 Å². The normalized spacial score (nSPS) is 16.9. The van der Waals surface area contributed by atoms with Gasteiger partial charge in [-0.1, -0.05) is 20.8 Å². The second-order valence-corrected chi connectivity index (χ2v) is 6.72. The van der Waals surface area contributed by atoms with Crippen LogP contribution in [0.4, 0.5) is 0 Å². The Bertz CT molecular complexity index is 447. The van der Waals surface area contributed by atoms with Gasteiger partial charge >= 0.3 is 0 Å². The van der Waals surface area contributed by atoms with Gasteiger partial charge in [0.15, 0.2) is 0 Å². The Balaban J connectivity index is 2.08. The van der Waals surface area contributed by atoms with Gasteiger partial charge in [0.25, 0.3) is 0 Å². The molecule has 3 heteroatoms. The molecule has 0 radical (unpaired) electrons. The predicted octanol–water partition coefficient (Wildman–Crippen LogP) is 3.51. The van der Waals surface area contributed by atoms with Crippen molar-refractivity contribution in [1.29, 1.82) is 0 Å². The van der Waals surface area contributed by atoms with Gasteiger partial charge in [-0.3, -0.25) is 0 Å². The van der Waals surface area contributed by atoms with Crippen molar-refractivity contribution in [1.82, 2.24) is 5.32 Å². The van der Waals surface area contributed by atoms with Crippen LogP contribution in [0.5, 0.6) is 11.5 Å². The van der Waals surface area contributed by atoms with Crippen LogP contribution in [-0.2, 0) is 5.41 Å². The summed E-state index contributed by atoms with van der Waals surface area (Å²) in [6.07, 6.45) is 2.79. The van der Waals surface area contributed by atoms with E-state index in [1.165, 1.54) is 18.4 Å². The van der Waals surface area contributed by atoms with Gasteiger partial charge in [0, 0.05) is 18.2 Å². The Morgan fingerprint density at radius 2 is 2.00 bits per heavy atom. The molecule has 0 spiro atoms. The van der Waals surface area contributed by atoms with Crippen LogP contribution in [0, 0.1) is 0 Å². The third-order valence-electron chi connectivity index (χ3n) is 3.59. The molecule has 1 aliphatic carbocycles. The highest BCUT2D eigenvalue weighted by atomic mass is 16.5. The number of methoxy groups -OCH3 is 1. The summed E-state index contributed by atoms with van der Waals surface area (Å²) in [4.78, 5) is 0. The van der Waals surface area contributed by atoms with Gasteiger partial charge in [-0.05, 0) is 43.4 Å². The molecular formula is C17H27NO2. The molecule has 1 aromatic carbocycles. The van der Waals surface area contributed by atoms with E-state index in [2.05, 4.69) is 39.1 Å². The van der Waals surface area contributed by atoms with Crippen LogP contribution in [0.15, 0.2) is 18.2 Å². The van der Waals surface area contributed by atoms with Crippen molar-refractivity contribution in [3.8, 4) is 11.5 Å². The highest BCUT2D eigenvalue weighted by Gasteiger charge is 2.23. The summed E-state index contributed by atoms with van der Waals surface area (Å²) in [5.74, 6) is 1.84. The molecule has 112 valence electrons. The molecule has 1 aliphatic rings. The first-order valence-electron chi connectivity index (χ1n) is 7.48. The van der Waals surface area contributed by atoms with Crippen molar-refractivity contribution in [2.75, 3.05) is 13.7 Å². The van der Waals surface area contributed by atoms with Gasteiger partial charge in [0.2, 0.25) is 0 Å². The van der Waals surface area contributed by atoms with E-state index in [1.54, 1.807) is 7.11 Å². The first-order chi connectivity index (χ1) is 9.40. The van der Waals surface area contributed by atoms with E-state index in [1.807, 2.05) is 12.1 Å². The van der Waals surface area contributed by atoms with Gasteiger partial charge in [0.1, 0.15) is 17.6 Å². The average Bonchev–Trinajstić information content (AvgIpc) is 3.19. The largest absolute Gasteiger partial charge is 0.497 e. The predicted molar refractivity (Wildman–Crippen MR) is 82.8 cm³/mol. The maximum Gasteiger partial charge on any atom is 0.123 e. The molecule has 0 aromatic heterocycles. The molecule has 1 atom stereocenters. The summed E-state index contributed by atoms with van der Waals surface area (Å²) >= 11 is 0. The molecule has 1 N–H and O–H groups in total. The number of benzene rings is 1. The Morgan fingerprint density at radius 1 is 1.30 bits per heavy atom. The topological polar surface area (TPSA) is 30.5 Å². The molecule has 2 rings (SSSR count). The molecule has 1 fully saturated rings. The second kappa shape index (κ2) is 6.04. The Morgan fingerprint density at radius 3 is 2.55 bits per heavy atom. The van der Waals surface area contributed by atoms with Gasteiger partial charge in [-0.2, -0.15) is 0 Å². The molecule has 20 heavy (non-hydrogen) atoms. The van der Waals surface area contributed by atoms with Gasteiger partial charge in [0.05, 0.1) is 7.11 Å². The van der Waals surface area contributed by atoms with E-state index in [0.717, 1.165) is 24.1 Å². The van der Waals surface area contributed by atoms with E-state index in [0.29, 0.717) is 0 Å². The summed E-state index contributed by atoms with van der Waals surface area (Å²) in [6.45, 7) is 9.61. The molecule has 1 aromatic rings. The molecule has 0 aliphatic heterocycles. The molecule has 0 bridgehead atoms. The standard InChI is InChI=1S/C17H27NO2/c1-12(11-18-13-6-7-13)20-16-9-8-14(19-5)10-15(16)17(2,3)4/h8-10,12-13,18H,6-7,11H2,1-5H3. The summed E-state index contributed by atoms with van der Waals surface area (Å²) in [6, 6.07) is 6.79. The Kier molecular flexibility index (Phi) is 4.59. The monoisotopic (exact) mass is 277 g/mol. The fraction of sp³-hybridized carbons (Fsp3) is 0.647. The van der Waals surface area contributed by atoms with Crippen LogP contribution in [-0.4, -0.2) is 25.8 Å². The van der Waals surface area contributed by atoms with Gasteiger partial charge in [-0.25, -0.2) is 0 Å². The average molecular weight is 277 g/mol. The van der Waals surface area contributed by atoms with Crippen LogP contribution in [0.25, 0.3) is 0 Å². The van der Waals surface area contributed by atoms with Crippen LogP contribution >= 0.6 is 0 Å². The minimum Gasteiger partial charge on any atom is -0.497 e. The van der Waals surface area contributed by atoms with E-state index < -0.39 is 0 Å². The maximum absolute atomic E-state index is 6.13. The lowest BCUT2D eigenvalue weighted by atomic mass is 9.86. The van der Waals surface area contributed by atoms with Crippen molar-refractivity contribution in [2.24, 2.45) is 0 Å². The molecular weight excluding hydrogens is 250 g/mol. The summed E-state index contributed by atoms with van der Waals surface area (Å²) in [5, 5.41) is 3.51. The molecule has 0 saturated heterocycles. The molecule has 1 unspecified atom stereocenters. The summed E-state index contributed by atoms with van der Waals surface area (Å²) in [7, 11) is 1.70. The number of hydrogen-bond acceptors (Lipinski definition) is 3. The summed E-state index contributed by atoms with van der Waals surface area (Å²) < 4.78 is 11.5. The molecule has 1 saturated carbocycles. The van der Waals surface area contributed by atoms with Crippen molar-refractivity contribution >= 4 is 0 Å². The number of hydrogen-bond donors (Lipinski definition) is 1. The minimum absolute atomic E-state index is 0.0352. The number of rotatable bonds is 6. The molecule has 3 nitrogen and oxygen atoms in total. The zero-order valence-corrected chi connectivity index (χ0v) is 13.3. The zero-order valence-electron chi connectivity index (χ0n) is 13.3. The van der Waals surface area contributed by atoms with Gasteiger partial charge < -0.3 is 14.8 Å². The fourth-order valence-corrected chi connectivity index (χ4v) is 2.20. The van der Waals surface area contributed by atoms with E-state index >= 15 is 0 Å². The third kappa shape index (κ3) is 4.14. The second-order valence-electron chi connectivity index (χ2n) is 6.72. The van der Waals surface area contributed by atoms with Gasteiger partial charge in [-0.15, -0.1) is 0 Å². The minimum atomic E-state index is 0.0352. The first-order valence-corrected chi connectivity index (χ1v) is 7.48. The van der Waals surface area contributed by atoms with E-state index in [9.17, 15) is 0 Å². The zero-order chi connectivity index (χ0) is 14.8. The van der Waals surface area contributed by atoms with Crippen molar-refractivity contribution in [3.05, 3.63) is 23.8 Å². The lowest BCUT2D eigenvalue weighted by Gasteiger charge is -2.25. The highest BCUT2D eigenvalue weighted by molar-refractivity contribution is 5.44. The van der Waals surface area contributed by atoms with Crippen LogP contribution in [0.2, 0.25) is 0 Å². The van der Waals surface area contributed by atoms with Crippen molar-refractivity contribution < 1.29 is 9.47 Å². The molecule has 0 amide bonds. The first kappa shape index (κ1) is 15.2.